The standard InChI is InChI=1S/C26H25N3O6/c30-12-10-23(25(32)33)29-24(31)16-9-11-27-17(13-16)14-28-26(34)35-15-22-20-7-3-1-5-18(20)19-6-2-4-8-21(19)22/h1-9,11,13,22-23,30H,10,12,14-15H2,(H,28,34)(H,29,31)(H,32,33)/t23-/m0/s1. The molecule has 2 aromatic carbocycles. The molecule has 2 amide bonds. The topological polar surface area (TPSA) is 138 Å². The van der Waals surface area contributed by atoms with Crippen LogP contribution in [0, 0.1) is 0 Å². The maximum absolute atomic E-state index is 12.4. The van der Waals surface area contributed by atoms with Crippen LogP contribution in [0.1, 0.15) is 39.5 Å². The number of ether oxygens (including phenoxy) is 1. The van der Waals surface area contributed by atoms with E-state index in [4.69, 9.17) is 14.9 Å². The molecule has 3 aromatic rings. The van der Waals surface area contributed by atoms with Crippen LogP contribution in [0.25, 0.3) is 11.1 Å². The summed E-state index contributed by atoms with van der Waals surface area (Å²) in [5, 5.41) is 23.1. The van der Waals surface area contributed by atoms with Crippen LogP contribution in [-0.4, -0.2) is 52.4 Å². The van der Waals surface area contributed by atoms with Crippen molar-refractivity contribution in [2.75, 3.05) is 13.2 Å². The number of carbonyl (C=O) groups excluding carboxylic acids is 2. The molecule has 180 valence electrons. The maximum atomic E-state index is 12.4. The van der Waals surface area contributed by atoms with Crippen LogP contribution >= 0.6 is 0 Å². The van der Waals surface area contributed by atoms with Gasteiger partial charge in [-0.1, -0.05) is 48.5 Å². The zero-order valence-electron chi connectivity index (χ0n) is 18.8. The van der Waals surface area contributed by atoms with E-state index in [-0.39, 0.29) is 37.7 Å². The lowest BCUT2D eigenvalue weighted by molar-refractivity contribution is -0.139. The van der Waals surface area contributed by atoms with E-state index in [1.165, 1.54) is 18.3 Å². The molecule has 35 heavy (non-hydrogen) atoms. The van der Waals surface area contributed by atoms with Crippen molar-refractivity contribution in [2.45, 2.75) is 24.9 Å². The molecule has 9 nitrogen and oxygen atoms in total. The predicted molar refractivity (Wildman–Crippen MR) is 127 cm³/mol. The van der Waals surface area contributed by atoms with Gasteiger partial charge < -0.3 is 25.6 Å². The Hall–Kier alpha value is -4.24. The molecule has 1 heterocycles. The van der Waals surface area contributed by atoms with Crippen LogP contribution in [0.5, 0.6) is 0 Å². The van der Waals surface area contributed by atoms with Crippen molar-refractivity contribution >= 4 is 18.0 Å². The molecule has 0 spiro atoms. The molecule has 0 unspecified atom stereocenters. The minimum atomic E-state index is -1.24. The molecule has 4 N–H and O–H groups in total. The third kappa shape index (κ3) is 5.47. The molecule has 0 aliphatic heterocycles. The van der Waals surface area contributed by atoms with Crippen LogP contribution in [0.3, 0.4) is 0 Å². The molecule has 0 saturated carbocycles. The summed E-state index contributed by atoms with van der Waals surface area (Å²) in [7, 11) is 0. The number of rotatable bonds is 9. The average molecular weight is 476 g/mol. The number of carboxylic acid groups (broad SMARTS) is 1. The molecule has 0 saturated heterocycles. The molecule has 1 aromatic heterocycles. The second-order valence-corrected chi connectivity index (χ2v) is 8.09. The summed E-state index contributed by atoms with van der Waals surface area (Å²) in [5.74, 6) is -1.91. The summed E-state index contributed by atoms with van der Waals surface area (Å²) in [5.41, 5.74) is 5.10. The predicted octanol–water partition coefficient (Wildman–Crippen LogP) is 2.69. The highest BCUT2D eigenvalue weighted by atomic mass is 16.5. The highest BCUT2D eigenvalue weighted by Crippen LogP contribution is 2.44. The van der Waals surface area contributed by atoms with Crippen molar-refractivity contribution in [3.63, 3.8) is 0 Å². The number of fused-ring (bicyclic) bond motifs is 3. The molecule has 1 atom stereocenters. The minimum Gasteiger partial charge on any atom is -0.480 e. The van der Waals surface area contributed by atoms with Gasteiger partial charge in [0.2, 0.25) is 0 Å². The van der Waals surface area contributed by atoms with Crippen molar-refractivity contribution in [1.29, 1.82) is 0 Å². The van der Waals surface area contributed by atoms with Gasteiger partial charge in [0.05, 0.1) is 12.2 Å². The fraction of sp³-hybridized carbons (Fsp3) is 0.231. The number of hydrogen-bond donors (Lipinski definition) is 4. The number of aliphatic carboxylic acids is 1. The number of aliphatic hydroxyl groups excluding tert-OH is 1. The Bertz CT molecular complexity index is 1200. The summed E-state index contributed by atoms with van der Waals surface area (Å²) in [6.45, 7) is -0.170. The van der Waals surface area contributed by atoms with E-state index < -0.39 is 24.0 Å². The van der Waals surface area contributed by atoms with Gasteiger partial charge in [0.15, 0.2) is 0 Å². The third-order valence-electron chi connectivity index (χ3n) is 5.86. The smallest absolute Gasteiger partial charge is 0.407 e. The molecule has 1 aliphatic carbocycles. The van der Waals surface area contributed by atoms with E-state index in [2.05, 4.69) is 27.8 Å². The first-order chi connectivity index (χ1) is 17.0. The number of nitrogens with one attached hydrogen (secondary N) is 2. The summed E-state index contributed by atoms with van der Waals surface area (Å²) in [6, 6.07) is 17.8. The van der Waals surface area contributed by atoms with E-state index in [0.29, 0.717) is 5.69 Å². The van der Waals surface area contributed by atoms with Crippen LogP contribution in [0.4, 0.5) is 4.79 Å². The van der Waals surface area contributed by atoms with Gasteiger partial charge in [0.25, 0.3) is 5.91 Å². The first-order valence-electron chi connectivity index (χ1n) is 11.2. The lowest BCUT2D eigenvalue weighted by atomic mass is 9.98. The SMILES string of the molecule is O=C(NCc1cc(C(=O)N[C@@H](CCO)C(=O)O)ccn1)OCC1c2ccccc2-c2ccccc21. The number of amides is 2. The Morgan fingerprint density at radius 1 is 1.00 bits per heavy atom. The number of pyridine rings is 1. The fourth-order valence-electron chi connectivity index (χ4n) is 4.16. The zero-order valence-corrected chi connectivity index (χ0v) is 18.8. The largest absolute Gasteiger partial charge is 0.480 e. The fourth-order valence-corrected chi connectivity index (χ4v) is 4.16. The lowest BCUT2D eigenvalue weighted by Crippen LogP contribution is -2.41. The van der Waals surface area contributed by atoms with Gasteiger partial charge in [-0.25, -0.2) is 9.59 Å². The molecule has 0 radical (unpaired) electrons. The van der Waals surface area contributed by atoms with E-state index in [1.54, 1.807) is 0 Å². The minimum absolute atomic E-state index is 0.0246. The van der Waals surface area contributed by atoms with E-state index in [0.717, 1.165) is 22.3 Å². The molecular weight excluding hydrogens is 450 g/mol. The Morgan fingerprint density at radius 2 is 1.66 bits per heavy atom. The number of benzene rings is 2. The first-order valence-corrected chi connectivity index (χ1v) is 11.2. The van der Waals surface area contributed by atoms with Crippen molar-refractivity contribution in [3.05, 3.63) is 89.2 Å². The zero-order chi connectivity index (χ0) is 24.8. The summed E-state index contributed by atoms with van der Waals surface area (Å²) in [6.07, 6.45) is 0.672. The normalized spacial score (nSPS) is 12.8. The number of carboxylic acids is 1. The second-order valence-electron chi connectivity index (χ2n) is 8.09. The van der Waals surface area contributed by atoms with Crippen LogP contribution < -0.4 is 10.6 Å². The van der Waals surface area contributed by atoms with Gasteiger partial charge in [0.1, 0.15) is 12.6 Å². The van der Waals surface area contributed by atoms with Crippen LogP contribution in [0.15, 0.2) is 66.9 Å². The van der Waals surface area contributed by atoms with Crippen molar-refractivity contribution < 1.29 is 29.3 Å². The molecule has 9 heteroatoms. The van der Waals surface area contributed by atoms with Crippen LogP contribution in [0.2, 0.25) is 0 Å². The number of nitrogens with zero attached hydrogens (tertiary/aromatic N) is 1. The van der Waals surface area contributed by atoms with Gasteiger partial charge in [-0.2, -0.15) is 0 Å². The molecule has 1 aliphatic rings. The van der Waals surface area contributed by atoms with E-state index in [1.807, 2.05) is 36.4 Å². The highest BCUT2D eigenvalue weighted by molar-refractivity contribution is 5.96. The monoisotopic (exact) mass is 475 g/mol. The highest BCUT2D eigenvalue weighted by Gasteiger charge is 2.29. The summed E-state index contributed by atoms with van der Waals surface area (Å²) in [4.78, 5) is 40.1. The number of aliphatic hydroxyl groups is 1. The molecule has 0 fully saturated rings. The lowest BCUT2D eigenvalue weighted by Gasteiger charge is -2.15. The third-order valence-corrected chi connectivity index (χ3v) is 5.86. The maximum Gasteiger partial charge on any atom is 0.407 e. The Kier molecular flexibility index (Phi) is 7.37. The number of carbonyl (C=O) groups is 3. The van der Waals surface area contributed by atoms with E-state index in [9.17, 15) is 14.4 Å². The Balaban J connectivity index is 1.34. The Morgan fingerprint density at radius 3 is 2.29 bits per heavy atom. The van der Waals surface area contributed by atoms with Crippen LogP contribution in [-0.2, 0) is 16.1 Å². The summed E-state index contributed by atoms with van der Waals surface area (Å²) >= 11 is 0. The quantitative estimate of drug-likeness (QED) is 0.373. The average Bonchev–Trinajstić information content (AvgIpc) is 3.19. The summed E-state index contributed by atoms with van der Waals surface area (Å²) < 4.78 is 5.50. The van der Waals surface area contributed by atoms with Gasteiger partial charge in [0, 0.05) is 30.7 Å². The molecule has 0 bridgehead atoms. The van der Waals surface area contributed by atoms with Gasteiger partial charge in [-0.05, 0) is 34.4 Å². The Labute approximate surface area is 201 Å². The van der Waals surface area contributed by atoms with Crippen molar-refractivity contribution in [3.8, 4) is 11.1 Å². The van der Waals surface area contributed by atoms with Gasteiger partial charge in [-0.15, -0.1) is 0 Å². The number of aromatic nitrogens is 1. The first kappa shape index (κ1) is 23.9. The van der Waals surface area contributed by atoms with Gasteiger partial charge in [-0.3, -0.25) is 9.78 Å². The number of hydrogen-bond acceptors (Lipinski definition) is 6. The van der Waals surface area contributed by atoms with Crippen molar-refractivity contribution in [1.82, 2.24) is 15.6 Å². The van der Waals surface area contributed by atoms with E-state index >= 15 is 0 Å². The van der Waals surface area contributed by atoms with Crippen molar-refractivity contribution in [2.24, 2.45) is 0 Å². The molecular formula is C26H25N3O6. The second kappa shape index (κ2) is 10.8. The number of alkyl carbamates (subject to hydrolysis) is 1. The molecule has 4 rings (SSSR count). The van der Waals surface area contributed by atoms with Gasteiger partial charge >= 0.3 is 12.1 Å².